The second-order valence-electron chi connectivity index (χ2n) is 4.36. The van der Waals surface area contributed by atoms with Gasteiger partial charge in [0.05, 0.1) is 6.20 Å². The first-order valence-corrected chi connectivity index (χ1v) is 6.57. The molecule has 0 atom stereocenters. The Balaban J connectivity index is 2.21. The van der Waals surface area contributed by atoms with Gasteiger partial charge in [-0.15, -0.1) is 0 Å². The summed E-state index contributed by atoms with van der Waals surface area (Å²) in [7, 11) is 0. The Morgan fingerprint density at radius 3 is 2.90 bits per heavy atom. The first-order valence-electron chi connectivity index (χ1n) is 6.57. The van der Waals surface area contributed by atoms with Gasteiger partial charge in [0.25, 0.3) is 11.5 Å². The Bertz CT molecular complexity index is 659. The summed E-state index contributed by atoms with van der Waals surface area (Å²) in [5.41, 5.74) is 0.911. The fraction of sp³-hybridized carbons (Fsp3) is 0.385. The molecule has 0 spiro atoms. The highest BCUT2D eigenvalue weighted by Gasteiger charge is 2.12. The van der Waals surface area contributed by atoms with E-state index in [-0.39, 0.29) is 17.2 Å². The minimum Gasteiger partial charge on any atom is -0.305 e. The number of hydrogen-bond acceptors (Lipinski definition) is 4. The number of aryl methyl sites for hydroxylation is 2. The third-order valence-electron chi connectivity index (χ3n) is 2.87. The first kappa shape index (κ1) is 14.0. The lowest BCUT2D eigenvalue weighted by Crippen LogP contribution is -2.26. The molecule has 0 saturated heterocycles. The molecule has 20 heavy (non-hydrogen) atoms. The van der Waals surface area contributed by atoms with Crippen LogP contribution in [0.2, 0.25) is 0 Å². The molecular formula is C13H17N5O2. The van der Waals surface area contributed by atoms with Crippen molar-refractivity contribution >= 4 is 11.7 Å². The van der Waals surface area contributed by atoms with Gasteiger partial charge in [-0.1, -0.05) is 13.8 Å². The van der Waals surface area contributed by atoms with Crippen molar-refractivity contribution in [1.82, 2.24) is 20.0 Å². The number of carbonyl (C=O) groups is 1. The average molecular weight is 275 g/mol. The van der Waals surface area contributed by atoms with Crippen molar-refractivity contribution in [2.75, 3.05) is 5.32 Å². The van der Waals surface area contributed by atoms with Crippen LogP contribution in [-0.2, 0) is 13.0 Å². The van der Waals surface area contributed by atoms with Gasteiger partial charge >= 0.3 is 0 Å². The van der Waals surface area contributed by atoms with Gasteiger partial charge in [0.1, 0.15) is 11.5 Å². The molecule has 0 bridgehead atoms. The molecule has 1 amide bonds. The fourth-order valence-corrected chi connectivity index (χ4v) is 1.81. The molecule has 2 rings (SSSR count). The highest BCUT2D eigenvalue weighted by molar-refractivity contribution is 6.02. The monoisotopic (exact) mass is 275 g/mol. The predicted molar refractivity (Wildman–Crippen MR) is 74.7 cm³/mol. The van der Waals surface area contributed by atoms with Gasteiger partial charge in [0.2, 0.25) is 0 Å². The third kappa shape index (κ3) is 2.93. The van der Waals surface area contributed by atoms with E-state index in [1.807, 2.05) is 13.8 Å². The Labute approximate surface area is 116 Å². The Hall–Kier alpha value is -2.44. The third-order valence-corrected chi connectivity index (χ3v) is 2.87. The summed E-state index contributed by atoms with van der Waals surface area (Å²) in [6.45, 7) is 4.41. The maximum atomic E-state index is 12.1. The second-order valence-corrected chi connectivity index (χ2v) is 4.36. The molecule has 0 unspecified atom stereocenters. The van der Waals surface area contributed by atoms with E-state index in [9.17, 15) is 9.59 Å². The summed E-state index contributed by atoms with van der Waals surface area (Å²) < 4.78 is 1.29. The fourth-order valence-electron chi connectivity index (χ4n) is 1.81. The molecule has 2 aromatic rings. The van der Waals surface area contributed by atoms with Crippen molar-refractivity contribution in [2.45, 2.75) is 33.2 Å². The molecule has 0 saturated carbocycles. The summed E-state index contributed by atoms with van der Waals surface area (Å²) in [4.78, 5) is 23.7. The smallest absolute Gasteiger partial charge is 0.277 e. The maximum absolute atomic E-state index is 12.1. The van der Waals surface area contributed by atoms with E-state index in [0.717, 1.165) is 18.4 Å². The Kier molecular flexibility index (Phi) is 4.29. The number of anilines is 1. The molecule has 0 aliphatic rings. The van der Waals surface area contributed by atoms with E-state index in [1.165, 1.54) is 16.8 Å². The summed E-state index contributed by atoms with van der Waals surface area (Å²) in [6, 6.07) is 2.77. The van der Waals surface area contributed by atoms with E-state index in [1.54, 1.807) is 6.20 Å². The van der Waals surface area contributed by atoms with Crippen molar-refractivity contribution in [3.8, 4) is 0 Å². The van der Waals surface area contributed by atoms with Crippen LogP contribution >= 0.6 is 0 Å². The van der Waals surface area contributed by atoms with Crippen molar-refractivity contribution < 1.29 is 4.79 Å². The van der Waals surface area contributed by atoms with Gasteiger partial charge in [0, 0.05) is 18.2 Å². The molecule has 0 aliphatic heterocycles. The number of amides is 1. The molecule has 0 fully saturated rings. The van der Waals surface area contributed by atoms with Crippen LogP contribution in [0.25, 0.3) is 0 Å². The van der Waals surface area contributed by atoms with Crippen LogP contribution in [0.15, 0.2) is 23.1 Å². The van der Waals surface area contributed by atoms with E-state index in [0.29, 0.717) is 12.4 Å². The topological polar surface area (TPSA) is 92.7 Å². The molecule has 7 heteroatoms. The molecule has 0 aromatic carbocycles. The van der Waals surface area contributed by atoms with Crippen LogP contribution in [0.4, 0.5) is 5.82 Å². The van der Waals surface area contributed by atoms with Gasteiger partial charge in [0.15, 0.2) is 0 Å². The first-order chi connectivity index (χ1) is 9.65. The molecule has 2 N–H and O–H groups in total. The van der Waals surface area contributed by atoms with Crippen LogP contribution < -0.4 is 10.9 Å². The zero-order valence-electron chi connectivity index (χ0n) is 11.5. The summed E-state index contributed by atoms with van der Waals surface area (Å²) in [5.74, 6) is 0.196. The van der Waals surface area contributed by atoms with Gasteiger partial charge < -0.3 is 5.32 Å². The number of aromatic amines is 1. The normalized spacial score (nSPS) is 10.5. The van der Waals surface area contributed by atoms with E-state index in [4.69, 9.17) is 0 Å². The van der Waals surface area contributed by atoms with Crippen LogP contribution in [0, 0.1) is 0 Å². The van der Waals surface area contributed by atoms with Gasteiger partial charge in [-0.2, -0.15) is 10.2 Å². The second kappa shape index (κ2) is 6.14. The number of rotatable bonds is 5. The Morgan fingerprint density at radius 2 is 2.20 bits per heavy atom. The largest absolute Gasteiger partial charge is 0.305 e. The quantitative estimate of drug-likeness (QED) is 0.857. The lowest BCUT2D eigenvalue weighted by molar-refractivity contribution is 0.101. The molecule has 2 aromatic heterocycles. The number of hydrogen-bond donors (Lipinski definition) is 2. The summed E-state index contributed by atoms with van der Waals surface area (Å²) in [6.07, 6.45) is 3.20. The molecule has 0 aliphatic carbocycles. The highest BCUT2D eigenvalue weighted by atomic mass is 16.2. The van der Waals surface area contributed by atoms with E-state index >= 15 is 0 Å². The summed E-state index contributed by atoms with van der Waals surface area (Å²) in [5, 5.41) is 13.4. The van der Waals surface area contributed by atoms with Crippen molar-refractivity contribution in [3.05, 3.63) is 39.9 Å². The van der Waals surface area contributed by atoms with Crippen molar-refractivity contribution in [1.29, 1.82) is 0 Å². The standard InChI is InChI=1S/C13H17N5O2/c1-3-7-18-11(19)6-5-10(17-18)13(20)15-12-9(4-2)8-14-16-12/h5-6,8H,3-4,7H2,1-2H3,(H2,14,15,16,20). The Morgan fingerprint density at radius 1 is 1.40 bits per heavy atom. The molecular weight excluding hydrogens is 258 g/mol. The van der Waals surface area contributed by atoms with Crippen LogP contribution in [0.1, 0.15) is 36.3 Å². The minimum absolute atomic E-state index is 0.203. The van der Waals surface area contributed by atoms with Gasteiger partial charge in [-0.05, 0) is 18.9 Å². The average Bonchev–Trinajstić information content (AvgIpc) is 2.88. The van der Waals surface area contributed by atoms with E-state index in [2.05, 4.69) is 20.6 Å². The number of nitrogens with one attached hydrogen (secondary N) is 2. The van der Waals surface area contributed by atoms with Crippen LogP contribution in [0.3, 0.4) is 0 Å². The zero-order chi connectivity index (χ0) is 14.5. The maximum Gasteiger partial charge on any atom is 0.277 e. The van der Waals surface area contributed by atoms with Gasteiger partial charge in [-0.25, -0.2) is 4.68 Å². The van der Waals surface area contributed by atoms with Crippen LogP contribution in [0.5, 0.6) is 0 Å². The lowest BCUT2D eigenvalue weighted by atomic mass is 10.2. The molecule has 0 radical (unpaired) electrons. The SMILES string of the molecule is CCCn1nc(C(=O)Nc2[nH]ncc2CC)ccc1=O. The number of nitrogens with zero attached hydrogens (tertiary/aromatic N) is 3. The number of aromatic nitrogens is 4. The van der Waals surface area contributed by atoms with Gasteiger partial charge in [-0.3, -0.25) is 14.7 Å². The number of carbonyl (C=O) groups excluding carboxylic acids is 1. The summed E-state index contributed by atoms with van der Waals surface area (Å²) >= 11 is 0. The number of H-pyrrole nitrogens is 1. The van der Waals surface area contributed by atoms with E-state index < -0.39 is 0 Å². The minimum atomic E-state index is -0.367. The van der Waals surface area contributed by atoms with Crippen LogP contribution in [-0.4, -0.2) is 25.9 Å². The zero-order valence-corrected chi connectivity index (χ0v) is 11.5. The highest BCUT2D eigenvalue weighted by Crippen LogP contribution is 2.12. The van der Waals surface area contributed by atoms with Crippen molar-refractivity contribution in [2.24, 2.45) is 0 Å². The predicted octanol–water partition coefficient (Wildman–Crippen LogP) is 1.19. The van der Waals surface area contributed by atoms with Crippen molar-refractivity contribution in [3.63, 3.8) is 0 Å². The molecule has 7 nitrogen and oxygen atoms in total. The molecule has 2 heterocycles. The lowest BCUT2D eigenvalue weighted by Gasteiger charge is -2.06. The molecule has 106 valence electrons.